The standard InChI is InChI=1S/C72H137IN14O22/c73-87-61(69(77)96)26-18-22-30-79-63(89)53-105-48-43-100-38-33-80-64(90)54-106-49-44-101-39-34-81-65(91)55-107-50-45-102-40-35-82-66(92)56-108-51-46-103-41-36-83-67(93)57-109-52-47-104-42-37-86-72(99)60(76)25-17-21-32-85-71(98)59(75)24-16-20-31-84-70(97)58(74)23-15-19-29-78-62(88)27-13-11-9-7-5-3-1-2-4-6-8-10-12-14-28-68(94)95/h58-61,87H,1-57,74-76H2,(H2,77,96)(H,78,88)(H,79,89)(H,80,90)(H,81,91)(H,82,92)(H,83,93)(H,84,97)(H,85,98)(H,86,99)(H,94,95)/t58-,59-,60-,61-/m0/s1. The van der Waals surface area contributed by atoms with Crippen LogP contribution >= 0.6 is 22.9 Å². The van der Waals surface area contributed by atoms with Crippen LogP contribution in [0.25, 0.3) is 0 Å². The molecule has 0 aromatic rings. The predicted molar refractivity (Wildman–Crippen MR) is 416 cm³/mol. The number of carbonyl (C=O) groups excluding carboxylic acids is 10. The van der Waals surface area contributed by atoms with Crippen molar-refractivity contribution in [3.8, 4) is 0 Å². The van der Waals surface area contributed by atoms with Crippen molar-refractivity contribution < 1.29 is 105 Å². The maximum absolute atomic E-state index is 12.5. The van der Waals surface area contributed by atoms with E-state index in [0.717, 1.165) is 57.8 Å². The van der Waals surface area contributed by atoms with Crippen molar-refractivity contribution in [2.24, 2.45) is 22.9 Å². The molecule has 0 radical (unpaired) electrons. The minimum Gasteiger partial charge on any atom is -0.481 e. The van der Waals surface area contributed by atoms with E-state index in [2.05, 4.69) is 51.4 Å². The first-order chi connectivity index (χ1) is 52.9. The Kier molecular flexibility index (Phi) is 73.6. The van der Waals surface area contributed by atoms with Crippen molar-refractivity contribution in [2.75, 3.05) is 191 Å². The molecule has 0 heterocycles. The molecule has 36 nitrogen and oxygen atoms in total. The van der Waals surface area contributed by atoms with Crippen molar-refractivity contribution >= 4 is 87.9 Å². The summed E-state index contributed by atoms with van der Waals surface area (Å²) >= 11 is 1.89. The molecule has 634 valence electrons. The number of carboxylic acid groups (broad SMARTS) is 1. The van der Waals surface area contributed by atoms with Gasteiger partial charge in [-0.1, -0.05) is 77.0 Å². The number of carbonyl (C=O) groups is 11. The Morgan fingerprint density at radius 1 is 0.266 bits per heavy atom. The Hall–Kier alpha value is -5.66. The van der Waals surface area contributed by atoms with E-state index in [1.54, 1.807) is 0 Å². The molecule has 0 aliphatic heterocycles. The zero-order valence-electron chi connectivity index (χ0n) is 64.8. The number of amides is 10. The van der Waals surface area contributed by atoms with Crippen molar-refractivity contribution in [1.82, 2.24) is 51.4 Å². The van der Waals surface area contributed by atoms with Gasteiger partial charge < -0.3 is 123 Å². The second kappa shape index (κ2) is 77.7. The molecule has 109 heavy (non-hydrogen) atoms. The third kappa shape index (κ3) is 73.6. The summed E-state index contributed by atoms with van der Waals surface area (Å²) in [6, 6.07) is -2.44. The monoisotopic (exact) mass is 1680 g/mol. The molecule has 4 atom stereocenters. The van der Waals surface area contributed by atoms with E-state index < -0.39 is 36.0 Å². The van der Waals surface area contributed by atoms with Gasteiger partial charge in [-0.15, -0.1) is 0 Å². The highest BCUT2D eigenvalue weighted by atomic mass is 127. The molecule has 0 rings (SSSR count). The van der Waals surface area contributed by atoms with Crippen LogP contribution in [-0.2, 0) is 100 Å². The number of hydrogen-bond donors (Lipinski definition) is 15. The molecule has 0 saturated carbocycles. The summed E-state index contributed by atoms with van der Waals surface area (Å²) in [5.41, 5.74) is 23.5. The van der Waals surface area contributed by atoms with E-state index in [-0.39, 0.29) is 224 Å². The van der Waals surface area contributed by atoms with E-state index in [1.165, 1.54) is 51.4 Å². The first-order valence-corrected chi connectivity index (χ1v) is 40.3. The lowest BCUT2D eigenvalue weighted by Crippen LogP contribution is -2.42. The molecule has 10 amide bonds. The maximum atomic E-state index is 12.5. The van der Waals surface area contributed by atoms with Crippen LogP contribution in [-0.4, -0.2) is 285 Å². The quantitative estimate of drug-likeness (QED) is 0.0216. The minimum atomic E-state index is -0.725. The molecular weight excluding hydrogens is 1540 g/mol. The maximum Gasteiger partial charge on any atom is 0.303 e. The van der Waals surface area contributed by atoms with Gasteiger partial charge in [0.25, 0.3) is 0 Å². The van der Waals surface area contributed by atoms with Crippen LogP contribution in [0.3, 0.4) is 0 Å². The number of primary amides is 1. The summed E-state index contributed by atoms with van der Waals surface area (Å²) in [4.78, 5) is 131. The van der Waals surface area contributed by atoms with Crippen LogP contribution in [0.5, 0.6) is 0 Å². The highest BCUT2D eigenvalue weighted by Crippen LogP contribution is 2.14. The Balaban J connectivity index is 3.58. The van der Waals surface area contributed by atoms with Gasteiger partial charge in [0.2, 0.25) is 59.1 Å². The van der Waals surface area contributed by atoms with Gasteiger partial charge in [0, 0.05) is 94.6 Å². The second-order valence-corrected chi connectivity index (χ2v) is 26.6. The Labute approximate surface area is 659 Å². The molecule has 0 aromatic carbocycles. The van der Waals surface area contributed by atoms with Crippen LogP contribution in [0.1, 0.15) is 180 Å². The zero-order chi connectivity index (χ0) is 80.1. The lowest BCUT2D eigenvalue weighted by molar-refractivity contribution is -0.137. The number of rotatable bonds is 82. The summed E-state index contributed by atoms with van der Waals surface area (Å²) in [6.45, 7) is 5.44. The summed E-state index contributed by atoms with van der Waals surface area (Å²) in [5, 5.41) is 33.5. The average molecular weight is 1680 g/mol. The van der Waals surface area contributed by atoms with Gasteiger partial charge in [-0.2, -0.15) is 0 Å². The molecule has 0 aromatic heterocycles. The largest absolute Gasteiger partial charge is 0.481 e. The summed E-state index contributed by atoms with van der Waals surface area (Å²) in [6.07, 6.45) is 24.2. The van der Waals surface area contributed by atoms with E-state index in [9.17, 15) is 52.7 Å². The van der Waals surface area contributed by atoms with Gasteiger partial charge in [-0.05, 0) is 89.9 Å². The molecule has 37 heteroatoms. The third-order valence-corrected chi connectivity index (χ3v) is 17.1. The SMILES string of the molecule is NC(=O)[C@H](CCCCNC(=O)COCCOCCNC(=O)COCCOCCNC(=O)COCCOCCNC(=O)COCCOCCNC(=O)COCCOCCNC(=O)[C@@H](N)CCCCNC(=O)[C@@H](N)CCCCNC(=O)[C@@H](N)CCCCNC(=O)CCCCCCCCCCCCCCCCC(=O)O)NI. The second-order valence-electron chi connectivity index (χ2n) is 26.0. The molecule has 0 aliphatic rings. The lowest BCUT2D eigenvalue weighted by Gasteiger charge is -2.14. The first-order valence-electron chi connectivity index (χ1n) is 39.2. The Morgan fingerprint density at radius 2 is 0.495 bits per heavy atom. The molecule has 0 saturated heterocycles. The number of carboxylic acids is 1. The number of unbranched alkanes of at least 4 members (excludes halogenated alkanes) is 17. The fraction of sp³-hybridized carbons (Fsp3) is 0.847. The van der Waals surface area contributed by atoms with Gasteiger partial charge in [-0.25, -0.2) is 3.53 Å². The van der Waals surface area contributed by atoms with Crippen LogP contribution < -0.4 is 74.3 Å². The van der Waals surface area contributed by atoms with Gasteiger partial charge >= 0.3 is 5.97 Å². The van der Waals surface area contributed by atoms with Crippen molar-refractivity contribution in [1.29, 1.82) is 0 Å². The van der Waals surface area contributed by atoms with E-state index in [4.69, 9.17) is 75.4 Å². The van der Waals surface area contributed by atoms with Crippen LogP contribution in [0.4, 0.5) is 0 Å². The molecule has 0 aliphatic carbocycles. The Bertz CT molecular complexity index is 2350. The van der Waals surface area contributed by atoms with E-state index >= 15 is 0 Å². The molecule has 19 N–H and O–H groups in total. The van der Waals surface area contributed by atoms with Gasteiger partial charge in [-0.3, -0.25) is 52.7 Å². The zero-order valence-corrected chi connectivity index (χ0v) is 67.0. The fourth-order valence-electron chi connectivity index (χ4n) is 10.1. The van der Waals surface area contributed by atoms with Crippen molar-refractivity contribution in [3.05, 3.63) is 0 Å². The fourth-order valence-corrected chi connectivity index (χ4v) is 10.7. The molecule has 0 spiro atoms. The molecule has 0 bridgehead atoms. The number of halogens is 1. The number of hydrogen-bond acceptors (Lipinski definition) is 25. The minimum absolute atomic E-state index is 0.0638. The number of nitrogens with one attached hydrogen (secondary N) is 10. The average Bonchev–Trinajstić information content (AvgIpc) is 1.00. The summed E-state index contributed by atoms with van der Waals surface area (Å²) < 4.78 is 56.4. The van der Waals surface area contributed by atoms with Crippen LogP contribution in [0.15, 0.2) is 0 Å². The highest BCUT2D eigenvalue weighted by molar-refractivity contribution is 14.1. The predicted octanol–water partition coefficient (Wildman–Crippen LogP) is -0.0190. The number of ether oxygens (including phenoxy) is 10. The topological polar surface area (TPSA) is 525 Å². The molecule has 0 fully saturated rings. The van der Waals surface area contributed by atoms with Crippen LogP contribution in [0, 0.1) is 0 Å². The Morgan fingerprint density at radius 3 is 0.780 bits per heavy atom. The van der Waals surface area contributed by atoms with Crippen LogP contribution in [0.2, 0.25) is 0 Å². The normalized spacial score (nSPS) is 12.3. The smallest absolute Gasteiger partial charge is 0.303 e. The lowest BCUT2D eigenvalue weighted by atomic mass is 10.0. The number of nitrogens with two attached hydrogens (primary N) is 4. The first kappa shape index (κ1) is 103. The van der Waals surface area contributed by atoms with E-state index in [1.807, 2.05) is 22.9 Å². The summed E-state index contributed by atoms with van der Waals surface area (Å²) in [5.74, 6) is -3.44. The van der Waals surface area contributed by atoms with Gasteiger partial charge in [0.1, 0.15) is 33.0 Å². The van der Waals surface area contributed by atoms with Gasteiger partial charge in [0.05, 0.1) is 123 Å². The van der Waals surface area contributed by atoms with Gasteiger partial charge in [0.15, 0.2) is 0 Å². The van der Waals surface area contributed by atoms with Crippen molar-refractivity contribution in [2.45, 2.75) is 204 Å². The summed E-state index contributed by atoms with van der Waals surface area (Å²) in [7, 11) is 0. The number of aliphatic carboxylic acids is 1. The van der Waals surface area contributed by atoms with Crippen molar-refractivity contribution in [3.63, 3.8) is 0 Å². The van der Waals surface area contributed by atoms with E-state index in [0.29, 0.717) is 90.4 Å². The molecule has 0 unspecified atom stereocenters. The molecular formula is C72H137IN14O22. The highest BCUT2D eigenvalue weighted by Gasteiger charge is 2.18. The third-order valence-electron chi connectivity index (χ3n) is 16.4.